The van der Waals surface area contributed by atoms with Crippen molar-refractivity contribution in [2.24, 2.45) is 5.73 Å². The number of amides is 1. The zero-order valence-corrected chi connectivity index (χ0v) is 6.33. The van der Waals surface area contributed by atoms with E-state index in [9.17, 15) is 13.6 Å². The van der Waals surface area contributed by atoms with E-state index in [1.54, 1.807) is 0 Å². The lowest BCUT2D eigenvalue weighted by Crippen LogP contribution is -2.63. The molecule has 1 rings (SSSR count). The van der Waals surface area contributed by atoms with Gasteiger partial charge in [0, 0.05) is 6.54 Å². The first kappa shape index (κ1) is 9.34. The number of aliphatic hydroxyl groups excluding tert-OH is 1. The zero-order chi connectivity index (χ0) is 9.35. The van der Waals surface area contributed by atoms with Crippen LogP contribution in [0.15, 0.2) is 0 Å². The van der Waals surface area contributed by atoms with Crippen LogP contribution >= 0.6 is 0 Å². The molecule has 0 aromatic rings. The van der Waals surface area contributed by atoms with Crippen molar-refractivity contribution in [3.05, 3.63) is 0 Å². The van der Waals surface area contributed by atoms with E-state index in [0.29, 0.717) is 0 Å². The van der Waals surface area contributed by atoms with Crippen molar-refractivity contribution >= 4 is 5.91 Å². The van der Waals surface area contributed by atoms with Gasteiger partial charge < -0.3 is 15.7 Å². The maximum absolute atomic E-state index is 12.4. The molecule has 0 aromatic carbocycles. The fourth-order valence-electron chi connectivity index (χ4n) is 0.999. The molecule has 12 heavy (non-hydrogen) atoms. The molecule has 0 aromatic heterocycles. The van der Waals surface area contributed by atoms with E-state index in [4.69, 9.17) is 10.8 Å². The van der Waals surface area contributed by atoms with Gasteiger partial charge in [0.2, 0.25) is 5.91 Å². The molecule has 6 heteroatoms. The topological polar surface area (TPSA) is 66.6 Å². The second-order valence-electron chi connectivity index (χ2n) is 2.84. The van der Waals surface area contributed by atoms with E-state index in [-0.39, 0.29) is 6.54 Å². The average molecular weight is 180 g/mol. The Balaban J connectivity index is 2.39. The van der Waals surface area contributed by atoms with E-state index in [2.05, 4.69) is 0 Å². The Labute approximate surface area is 67.9 Å². The summed E-state index contributed by atoms with van der Waals surface area (Å²) < 4.78 is 24.9. The van der Waals surface area contributed by atoms with Crippen molar-refractivity contribution in [2.45, 2.75) is 12.0 Å². The Hall–Kier alpha value is -0.750. The van der Waals surface area contributed by atoms with Crippen molar-refractivity contribution in [1.82, 2.24) is 4.90 Å². The minimum absolute atomic E-state index is 0.147. The van der Waals surface area contributed by atoms with Crippen molar-refractivity contribution in [3.63, 3.8) is 0 Å². The number of nitrogens with two attached hydrogens (primary N) is 1. The largest absolute Gasteiger partial charge is 0.390 e. The molecule has 1 saturated heterocycles. The molecular weight excluding hydrogens is 170 g/mol. The van der Waals surface area contributed by atoms with Gasteiger partial charge in [-0.05, 0) is 0 Å². The lowest BCUT2D eigenvalue weighted by atomic mass is 10.1. The number of hydrogen-bond donors (Lipinski definition) is 2. The summed E-state index contributed by atoms with van der Waals surface area (Å²) in [7, 11) is 0. The highest BCUT2D eigenvalue weighted by molar-refractivity contribution is 5.87. The fourth-order valence-corrected chi connectivity index (χ4v) is 0.999. The van der Waals surface area contributed by atoms with Crippen LogP contribution in [0.5, 0.6) is 0 Å². The fraction of sp³-hybridized carbons (Fsp3) is 0.833. The molecule has 0 radical (unpaired) electrons. The van der Waals surface area contributed by atoms with Crippen LogP contribution < -0.4 is 5.73 Å². The molecule has 1 aliphatic rings. The van der Waals surface area contributed by atoms with Crippen molar-refractivity contribution in [1.29, 1.82) is 0 Å². The van der Waals surface area contributed by atoms with Gasteiger partial charge in [0.1, 0.15) is 12.6 Å². The average Bonchev–Trinajstić information content (AvgIpc) is 2.03. The predicted octanol–water partition coefficient (Wildman–Crippen LogP) is -1.22. The van der Waals surface area contributed by atoms with Crippen molar-refractivity contribution < 1.29 is 18.7 Å². The number of halogens is 2. The quantitative estimate of drug-likeness (QED) is 0.535. The summed E-state index contributed by atoms with van der Waals surface area (Å²) in [5.41, 5.74) is 5.17. The summed E-state index contributed by atoms with van der Waals surface area (Å²) in [4.78, 5) is 11.7. The Morgan fingerprint density at radius 1 is 1.75 bits per heavy atom. The van der Waals surface area contributed by atoms with Crippen LogP contribution in [0.3, 0.4) is 0 Å². The standard InChI is InChI=1S/C6H10F2N2O2/c7-6(8,3-11)2-10-1-4(9)5(10)12/h4,11H,1-3,9H2. The second kappa shape index (κ2) is 2.95. The van der Waals surface area contributed by atoms with E-state index in [1.165, 1.54) is 0 Å². The van der Waals surface area contributed by atoms with Crippen LogP contribution in [-0.2, 0) is 4.79 Å². The third kappa shape index (κ3) is 1.70. The highest BCUT2D eigenvalue weighted by Gasteiger charge is 2.40. The molecular formula is C6H10F2N2O2. The van der Waals surface area contributed by atoms with Gasteiger partial charge in [-0.1, -0.05) is 0 Å². The van der Waals surface area contributed by atoms with E-state index in [0.717, 1.165) is 4.90 Å². The Morgan fingerprint density at radius 2 is 2.33 bits per heavy atom. The van der Waals surface area contributed by atoms with Gasteiger partial charge >= 0.3 is 0 Å². The molecule has 0 bridgehead atoms. The third-order valence-electron chi connectivity index (χ3n) is 1.70. The van der Waals surface area contributed by atoms with Crippen LogP contribution in [0.4, 0.5) is 8.78 Å². The summed E-state index contributed by atoms with van der Waals surface area (Å²) >= 11 is 0. The first-order valence-corrected chi connectivity index (χ1v) is 3.49. The van der Waals surface area contributed by atoms with Gasteiger partial charge in [0.25, 0.3) is 5.92 Å². The molecule has 70 valence electrons. The number of rotatable bonds is 3. The van der Waals surface area contributed by atoms with Crippen molar-refractivity contribution in [2.75, 3.05) is 19.7 Å². The summed E-state index contributed by atoms with van der Waals surface area (Å²) in [5.74, 6) is -3.70. The molecule has 1 fully saturated rings. The highest BCUT2D eigenvalue weighted by Crippen LogP contribution is 2.18. The highest BCUT2D eigenvalue weighted by atomic mass is 19.3. The van der Waals surface area contributed by atoms with Gasteiger partial charge in [-0.3, -0.25) is 4.79 Å². The Bertz CT molecular complexity index is 198. The molecule has 1 unspecified atom stereocenters. The predicted molar refractivity (Wildman–Crippen MR) is 36.6 cm³/mol. The molecule has 4 nitrogen and oxygen atoms in total. The Kier molecular flexibility index (Phi) is 2.29. The van der Waals surface area contributed by atoms with E-state index in [1.807, 2.05) is 0 Å². The molecule has 0 aliphatic carbocycles. The number of aliphatic hydroxyl groups is 1. The van der Waals surface area contributed by atoms with Crippen LogP contribution in [0, 0.1) is 0 Å². The number of alkyl halides is 2. The molecule has 1 atom stereocenters. The summed E-state index contributed by atoms with van der Waals surface area (Å²) in [6.45, 7) is -1.84. The monoisotopic (exact) mass is 180 g/mol. The summed E-state index contributed by atoms with van der Waals surface area (Å²) in [6.07, 6.45) is 0. The number of likely N-dealkylation sites (tertiary alicyclic amines) is 1. The van der Waals surface area contributed by atoms with Gasteiger partial charge in [-0.25, -0.2) is 8.78 Å². The van der Waals surface area contributed by atoms with Crippen LogP contribution in [0.1, 0.15) is 0 Å². The second-order valence-corrected chi connectivity index (χ2v) is 2.84. The van der Waals surface area contributed by atoms with Gasteiger partial charge in [-0.15, -0.1) is 0 Å². The van der Waals surface area contributed by atoms with Crippen LogP contribution in [0.25, 0.3) is 0 Å². The van der Waals surface area contributed by atoms with Gasteiger partial charge in [0.05, 0.1) is 6.54 Å². The number of nitrogens with zero attached hydrogens (tertiary/aromatic N) is 1. The van der Waals surface area contributed by atoms with Gasteiger partial charge in [-0.2, -0.15) is 0 Å². The molecule has 0 saturated carbocycles. The zero-order valence-electron chi connectivity index (χ0n) is 6.33. The smallest absolute Gasteiger partial charge is 0.287 e. The first-order valence-electron chi connectivity index (χ1n) is 3.49. The molecule has 0 spiro atoms. The number of β-lactam (4-membered cyclic amide) rings is 1. The first-order chi connectivity index (χ1) is 5.46. The minimum atomic E-state index is -3.21. The third-order valence-corrected chi connectivity index (χ3v) is 1.70. The molecule has 3 N–H and O–H groups in total. The van der Waals surface area contributed by atoms with E-state index < -0.39 is 31.0 Å². The normalized spacial score (nSPS) is 24.2. The maximum atomic E-state index is 12.4. The van der Waals surface area contributed by atoms with E-state index >= 15 is 0 Å². The lowest BCUT2D eigenvalue weighted by Gasteiger charge is -2.37. The molecule has 1 aliphatic heterocycles. The molecule has 1 heterocycles. The SMILES string of the molecule is NC1CN(CC(F)(F)CO)C1=O. The molecule has 1 amide bonds. The summed E-state index contributed by atoms with van der Waals surface area (Å²) in [6, 6.07) is -0.639. The number of carbonyl (C=O) groups excluding carboxylic acids is 1. The van der Waals surface area contributed by atoms with Crippen LogP contribution in [0.2, 0.25) is 0 Å². The Morgan fingerprint density at radius 3 is 2.67 bits per heavy atom. The van der Waals surface area contributed by atoms with Gasteiger partial charge in [0.15, 0.2) is 0 Å². The minimum Gasteiger partial charge on any atom is -0.390 e. The maximum Gasteiger partial charge on any atom is 0.287 e. The number of hydrogen-bond acceptors (Lipinski definition) is 3. The van der Waals surface area contributed by atoms with Crippen molar-refractivity contribution in [3.8, 4) is 0 Å². The summed E-state index contributed by atoms with van der Waals surface area (Å²) in [5, 5.41) is 8.20. The number of carbonyl (C=O) groups is 1. The van der Waals surface area contributed by atoms with Crippen LogP contribution in [-0.4, -0.2) is 47.6 Å². The lowest BCUT2D eigenvalue weighted by molar-refractivity contribution is -0.152.